The van der Waals surface area contributed by atoms with Crippen molar-refractivity contribution in [3.05, 3.63) is 85.1 Å². The summed E-state index contributed by atoms with van der Waals surface area (Å²) in [7, 11) is 0. The number of nitrogens with one attached hydrogen (secondary N) is 1. The van der Waals surface area contributed by atoms with E-state index >= 15 is 0 Å². The molecule has 2 heterocycles. The molecule has 9 N–H and O–H groups in total. The summed E-state index contributed by atoms with van der Waals surface area (Å²) in [5, 5.41) is 87.2. The molecule has 2 aliphatic rings. The summed E-state index contributed by atoms with van der Waals surface area (Å²) in [4.78, 5) is 13.3. The van der Waals surface area contributed by atoms with E-state index in [1.165, 1.54) is 135 Å². The number of ether oxygens (including phenoxy) is 4. The molecule has 0 spiro atoms. The van der Waals surface area contributed by atoms with E-state index < -0.39 is 86.8 Å². The highest BCUT2D eigenvalue weighted by Gasteiger charge is 2.51. The van der Waals surface area contributed by atoms with Gasteiger partial charge in [0.2, 0.25) is 5.91 Å². The third-order valence-electron chi connectivity index (χ3n) is 15.5. The van der Waals surface area contributed by atoms with Gasteiger partial charge in [-0.1, -0.05) is 240 Å². The maximum absolute atomic E-state index is 13.3. The second-order valence-corrected chi connectivity index (χ2v) is 22.8. The molecule has 2 aliphatic heterocycles. The summed E-state index contributed by atoms with van der Waals surface area (Å²) in [6, 6.07) is -0.957. The predicted octanol–water partition coefficient (Wildman–Crippen LogP) is 12.4. The van der Waals surface area contributed by atoms with Gasteiger partial charge < -0.3 is 65.1 Å². The van der Waals surface area contributed by atoms with Gasteiger partial charge in [-0.15, -0.1) is 0 Å². The fraction of sp³-hybridized carbons (Fsp3) is 0.779. The Hall–Kier alpha value is -2.83. The summed E-state index contributed by atoms with van der Waals surface area (Å²) in [6.45, 7) is 2.65. The molecule has 0 aliphatic carbocycles. The minimum atomic E-state index is -1.80. The molecule has 14 heteroatoms. The number of rotatable bonds is 52. The van der Waals surface area contributed by atoms with Crippen molar-refractivity contribution in [2.24, 2.45) is 0 Å². The van der Waals surface area contributed by atoms with Crippen LogP contribution in [0.3, 0.4) is 0 Å². The summed E-state index contributed by atoms with van der Waals surface area (Å²) in [5.41, 5.74) is 0. The van der Waals surface area contributed by atoms with Gasteiger partial charge in [-0.2, -0.15) is 0 Å². The highest BCUT2D eigenvalue weighted by atomic mass is 16.7. The zero-order valence-electron chi connectivity index (χ0n) is 51.2. The number of hydrogen-bond donors (Lipinski definition) is 9. The summed E-state index contributed by atoms with van der Waals surface area (Å²) in [6.07, 6.45) is 55.1. The van der Waals surface area contributed by atoms with Gasteiger partial charge in [-0.25, -0.2) is 0 Å². The van der Waals surface area contributed by atoms with Crippen LogP contribution < -0.4 is 5.32 Å². The first-order chi connectivity index (χ1) is 40.1. The predicted molar refractivity (Wildman–Crippen MR) is 332 cm³/mol. The van der Waals surface area contributed by atoms with Crippen molar-refractivity contribution in [2.75, 3.05) is 19.8 Å². The highest BCUT2D eigenvalue weighted by molar-refractivity contribution is 5.76. The number of carbonyl (C=O) groups is 1. The largest absolute Gasteiger partial charge is 0.394 e. The molecule has 474 valence electrons. The van der Waals surface area contributed by atoms with Crippen LogP contribution in [0, 0.1) is 0 Å². The van der Waals surface area contributed by atoms with Crippen molar-refractivity contribution in [2.45, 2.75) is 319 Å². The van der Waals surface area contributed by atoms with Crippen LogP contribution in [0.2, 0.25) is 0 Å². The van der Waals surface area contributed by atoms with Gasteiger partial charge in [0.1, 0.15) is 48.8 Å². The van der Waals surface area contributed by atoms with Gasteiger partial charge in [0.05, 0.1) is 32.0 Å². The van der Waals surface area contributed by atoms with Crippen LogP contribution in [0.25, 0.3) is 0 Å². The molecule has 0 saturated carbocycles. The Bertz CT molecular complexity index is 1700. The number of unbranched alkanes of at least 4 members (excludes halogenated alkanes) is 27. The first-order valence-corrected chi connectivity index (χ1v) is 32.8. The molecular formula is C68H119NO13. The Balaban J connectivity index is 1.72. The number of amides is 1. The SMILES string of the molecule is CC/C=C\C/C=C\C/C=C\C/C=C\CCCCCCC(=O)NC(COC1OC(CO)C(OC2OC(CO)C(O)C(O)C2O)C(O)C1O)C(O)/C=C/CC/C=C/CC/C=C/CCCCCCCCCCCCCCCCCCCCCCC. The molecule has 12 atom stereocenters. The van der Waals surface area contributed by atoms with E-state index in [1.54, 1.807) is 6.08 Å². The number of hydrogen-bond acceptors (Lipinski definition) is 13. The summed E-state index contributed by atoms with van der Waals surface area (Å²) < 4.78 is 22.8. The smallest absolute Gasteiger partial charge is 0.220 e. The second kappa shape index (κ2) is 52.5. The van der Waals surface area contributed by atoms with E-state index in [-0.39, 0.29) is 18.9 Å². The van der Waals surface area contributed by atoms with Gasteiger partial charge >= 0.3 is 0 Å². The molecule has 82 heavy (non-hydrogen) atoms. The molecule has 12 unspecified atom stereocenters. The highest BCUT2D eigenvalue weighted by Crippen LogP contribution is 2.30. The maximum Gasteiger partial charge on any atom is 0.220 e. The van der Waals surface area contributed by atoms with E-state index in [9.17, 15) is 45.6 Å². The Labute approximate surface area is 497 Å². The Morgan fingerprint density at radius 1 is 0.451 bits per heavy atom. The van der Waals surface area contributed by atoms with E-state index in [2.05, 4.69) is 92.1 Å². The molecule has 0 radical (unpaired) electrons. The van der Waals surface area contributed by atoms with Crippen LogP contribution in [0.4, 0.5) is 0 Å². The minimum Gasteiger partial charge on any atom is -0.394 e. The minimum absolute atomic E-state index is 0.237. The standard InChI is InChI=1S/C68H119NO13/c1-3-5-7-9-11-13-15-17-19-21-22-23-24-25-26-27-28-29-30-31-32-33-34-36-37-39-41-43-45-47-49-51-57(72)56(69-60(73)52-50-48-46-44-42-40-38-35-20-18-16-14-12-10-8-6-4-2)55-79-67-65(78)63(76)66(59(54-71)81-67)82-68-64(77)62(75)61(74)58(53-70)80-68/h6,8,12,14,18,20,34,36,38,40-41,43,49,51,56-59,61-68,70-72,74-78H,3-5,7,9-11,13,15-17,19,21-33,35,37,39,42,44-48,50,52-55H2,1-2H3,(H,69,73)/b8-6-,14-12-,20-18-,36-34+,40-38-,43-41+,51-49+. The van der Waals surface area contributed by atoms with Crippen molar-refractivity contribution in [3.63, 3.8) is 0 Å². The molecule has 1 amide bonds. The summed E-state index contributed by atoms with van der Waals surface area (Å²) >= 11 is 0. The molecule has 0 aromatic rings. The van der Waals surface area contributed by atoms with Gasteiger partial charge in [-0.05, 0) is 83.5 Å². The van der Waals surface area contributed by atoms with Gasteiger partial charge in [0.15, 0.2) is 12.6 Å². The average Bonchev–Trinajstić information content (AvgIpc) is 3.49. The topological polar surface area (TPSA) is 228 Å². The number of carbonyl (C=O) groups excluding carboxylic acids is 1. The summed E-state index contributed by atoms with van der Waals surface area (Å²) in [5.74, 6) is -0.278. The lowest BCUT2D eigenvalue weighted by atomic mass is 9.97. The van der Waals surface area contributed by atoms with Crippen LogP contribution in [0.15, 0.2) is 85.1 Å². The molecule has 2 rings (SSSR count). The number of allylic oxidation sites excluding steroid dienone is 13. The molecule has 2 fully saturated rings. The van der Waals surface area contributed by atoms with Gasteiger partial charge in [0, 0.05) is 6.42 Å². The lowest BCUT2D eigenvalue weighted by molar-refractivity contribution is -0.359. The van der Waals surface area contributed by atoms with Crippen LogP contribution >= 0.6 is 0 Å². The molecule has 14 nitrogen and oxygen atoms in total. The zero-order chi connectivity index (χ0) is 59.5. The van der Waals surface area contributed by atoms with Crippen LogP contribution in [0.1, 0.15) is 245 Å². The van der Waals surface area contributed by atoms with Crippen molar-refractivity contribution < 1.29 is 64.6 Å². The zero-order valence-corrected chi connectivity index (χ0v) is 51.2. The lowest BCUT2D eigenvalue weighted by Crippen LogP contribution is -2.65. The van der Waals surface area contributed by atoms with Crippen LogP contribution in [-0.4, -0.2) is 140 Å². The quantitative estimate of drug-likeness (QED) is 0.0204. The fourth-order valence-corrected chi connectivity index (χ4v) is 10.3. The van der Waals surface area contributed by atoms with E-state index in [0.717, 1.165) is 77.0 Å². The van der Waals surface area contributed by atoms with Gasteiger partial charge in [0.25, 0.3) is 0 Å². The van der Waals surface area contributed by atoms with Crippen molar-refractivity contribution in [3.8, 4) is 0 Å². The van der Waals surface area contributed by atoms with Gasteiger partial charge in [-0.3, -0.25) is 4.79 Å². The van der Waals surface area contributed by atoms with E-state index in [4.69, 9.17) is 18.9 Å². The van der Waals surface area contributed by atoms with Crippen LogP contribution in [0.5, 0.6) is 0 Å². The average molecular weight is 1160 g/mol. The Kier molecular flexibility index (Phi) is 48.2. The van der Waals surface area contributed by atoms with E-state index in [1.807, 2.05) is 6.08 Å². The normalized spacial score (nSPS) is 24.5. The monoisotopic (exact) mass is 1160 g/mol. The first-order valence-electron chi connectivity index (χ1n) is 32.8. The second-order valence-electron chi connectivity index (χ2n) is 22.8. The molecule has 0 aromatic heterocycles. The molecule has 0 bridgehead atoms. The molecule has 2 saturated heterocycles. The Morgan fingerprint density at radius 2 is 0.854 bits per heavy atom. The number of aliphatic hydroxyl groups is 8. The van der Waals surface area contributed by atoms with Crippen molar-refractivity contribution in [1.29, 1.82) is 0 Å². The number of aliphatic hydroxyl groups excluding tert-OH is 8. The molecule has 0 aromatic carbocycles. The van der Waals surface area contributed by atoms with Crippen molar-refractivity contribution in [1.82, 2.24) is 5.32 Å². The van der Waals surface area contributed by atoms with Crippen molar-refractivity contribution >= 4 is 5.91 Å². The lowest BCUT2D eigenvalue weighted by Gasteiger charge is -2.46. The third kappa shape index (κ3) is 36.9. The van der Waals surface area contributed by atoms with Crippen LogP contribution in [-0.2, 0) is 23.7 Å². The maximum atomic E-state index is 13.3. The first kappa shape index (κ1) is 75.3. The molecular weight excluding hydrogens is 1040 g/mol. The third-order valence-corrected chi connectivity index (χ3v) is 15.5. The Morgan fingerprint density at radius 3 is 1.34 bits per heavy atom. The van der Waals surface area contributed by atoms with E-state index in [0.29, 0.717) is 12.8 Å². The fourth-order valence-electron chi connectivity index (χ4n) is 10.3.